The number of carbonyl (C=O) groups excluding carboxylic acids is 1. The van der Waals surface area contributed by atoms with Crippen LogP contribution in [0.5, 0.6) is 0 Å². The molecule has 0 aliphatic carbocycles. The zero-order valence-electron chi connectivity index (χ0n) is 13.4. The Morgan fingerprint density at radius 3 is 2.77 bits per heavy atom. The third-order valence-electron chi connectivity index (χ3n) is 4.48. The molecule has 0 aromatic heterocycles. The summed E-state index contributed by atoms with van der Waals surface area (Å²) in [5, 5.41) is 0. The Balaban J connectivity index is 1.98. The summed E-state index contributed by atoms with van der Waals surface area (Å²) in [5.74, 6) is 0.196. The molecule has 122 valence electrons. The van der Waals surface area contributed by atoms with Gasteiger partial charge in [0, 0.05) is 18.7 Å². The Labute approximate surface area is 140 Å². The molecule has 1 heterocycles. The molecule has 1 amide bonds. The Kier molecular flexibility index (Phi) is 6.38. The van der Waals surface area contributed by atoms with Gasteiger partial charge in [-0.25, -0.2) is 4.39 Å². The van der Waals surface area contributed by atoms with Crippen LogP contribution in [0.1, 0.15) is 32.3 Å². The predicted molar refractivity (Wildman–Crippen MR) is 89.2 cm³/mol. The molecule has 3 nitrogen and oxygen atoms in total. The van der Waals surface area contributed by atoms with Crippen LogP contribution in [0.15, 0.2) is 22.7 Å². The monoisotopic (exact) mass is 371 g/mol. The molecular weight excluding hydrogens is 347 g/mol. The van der Waals surface area contributed by atoms with Crippen molar-refractivity contribution in [2.75, 3.05) is 26.2 Å². The van der Waals surface area contributed by atoms with Crippen LogP contribution in [-0.4, -0.2) is 37.0 Å². The fourth-order valence-electron chi connectivity index (χ4n) is 3.25. The SMILES string of the molecule is CCN(CC)C(=O)[C@@H]1CCC[NH+](Cc2ccc(F)c(Br)c2)C1. The molecule has 0 saturated carbocycles. The van der Waals surface area contributed by atoms with Crippen molar-refractivity contribution in [2.45, 2.75) is 33.2 Å². The highest BCUT2D eigenvalue weighted by Crippen LogP contribution is 2.17. The smallest absolute Gasteiger partial charge is 0.231 e. The van der Waals surface area contributed by atoms with Gasteiger partial charge in [-0.1, -0.05) is 6.07 Å². The van der Waals surface area contributed by atoms with E-state index in [1.54, 1.807) is 0 Å². The highest BCUT2D eigenvalue weighted by molar-refractivity contribution is 9.10. The summed E-state index contributed by atoms with van der Waals surface area (Å²) >= 11 is 3.24. The van der Waals surface area contributed by atoms with E-state index in [2.05, 4.69) is 15.9 Å². The van der Waals surface area contributed by atoms with Crippen molar-refractivity contribution in [1.82, 2.24) is 4.90 Å². The highest BCUT2D eigenvalue weighted by atomic mass is 79.9. The van der Waals surface area contributed by atoms with Crippen molar-refractivity contribution in [3.05, 3.63) is 34.1 Å². The maximum Gasteiger partial charge on any atom is 0.231 e. The van der Waals surface area contributed by atoms with Crippen LogP contribution < -0.4 is 4.90 Å². The molecular formula is C17H25BrFN2O+. The van der Waals surface area contributed by atoms with Crippen LogP contribution in [0.3, 0.4) is 0 Å². The van der Waals surface area contributed by atoms with Gasteiger partial charge in [0.25, 0.3) is 0 Å². The molecule has 1 aliphatic rings. The molecule has 1 aromatic carbocycles. The number of quaternary nitrogens is 1. The Bertz CT molecular complexity index is 519. The van der Waals surface area contributed by atoms with E-state index in [0.717, 1.165) is 51.1 Å². The maximum atomic E-state index is 13.3. The van der Waals surface area contributed by atoms with Gasteiger partial charge in [-0.2, -0.15) is 0 Å². The topological polar surface area (TPSA) is 24.8 Å². The minimum Gasteiger partial charge on any atom is -0.343 e. The third-order valence-corrected chi connectivity index (χ3v) is 5.09. The predicted octanol–water partition coefficient (Wildman–Crippen LogP) is 2.25. The number of hydrogen-bond donors (Lipinski definition) is 1. The first-order valence-corrected chi connectivity index (χ1v) is 8.90. The van der Waals surface area contributed by atoms with Gasteiger partial charge in [0.2, 0.25) is 5.91 Å². The van der Waals surface area contributed by atoms with Gasteiger partial charge < -0.3 is 9.80 Å². The van der Waals surface area contributed by atoms with E-state index < -0.39 is 0 Å². The van der Waals surface area contributed by atoms with Gasteiger partial charge in [0.15, 0.2) is 0 Å². The summed E-state index contributed by atoms with van der Waals surface area (Å²) in [6.07, 6.45) is 2.07. The molecule has 0 spiro atoms. The summed E-state index contributed by atoms with van der Waals surface area (Å²) in [5.41, 5.74) is 1.11. The first kappa shape index (κ1) is 17.4. The lowest BCUT2D eigenvalue weighted by Gasteiger charge is -2.32. The summed E-state index contributed by atoms with van der Waals surface area (Å²) in [4.78, 5) is 15.9. The quantitative estimate of drug-likeness (QED) is 0.843. The molecule has 1 unspecified atom stereocenters. The molecule has 0 bridgehead atoms. The van der Waals surface area contributed by atoms with Crippen molar-refractivity contribution >= 4 is 21.8 Å². The first-order chi connectivity index (χ1) is 10.5. The summed E-state index contributed by atoms with van der Waals surface area (Å²) in [6, 6.07) is 5.18. The fraction of sp³-hybridized carbons (Fsp3) is 0.588. The fourth-order valence-corrected chi connectivity index (χ4v) is 3.68. The van der Waals surface area contributed by atoms with E-state index in [0.29, 0.717) is 10.4 Å². The molecule has 1 aliphatic heterocycles. The van der Waals surface area contributed by atoms with Crippen molar-refractivity contribution in [1.29, 1.82) is 0 Å². The molecule has 22 heavy (non-hydrogen) atoms. The molecule has 1 aromatic rings. The number of halogens is 2. The minimum atomic E-state index is -0.230. The number of likely N-dealkylation sites (tertiary alicyclic amines) is 1. The van der Waals surface area contributed by atoms with E-state index in [9.17, 15) is 9.18 Å². The Morgan fingerprint density at radius 2 is 2.14 bits per heavy atom. The number of hydrogen-bond acceptors (Lipinski definition) is 1. The van der Waals surface area contributed by atoms with E-state index in [1.165, 1.54) is 11.0 Å². The molecule has 1 N–H and O–H groups in total. The van der Waals surface area contributed by atoms with Crippen molar-refractivity contribution in [3.8, 4) is 0 Å². The lowest BCUT2D eigenvalue weighted by atomic mass is 9.96. The van der Waals surface area contributed by atoms with E-state index in [1.807, 2.05) is 30.9 Å². The van der Waals surface area contributed by atoms with E-state index in [-0.39, 0.29) is 11.7 Å². The lowest BCUT2D eigenvalue weighted by Crippen LogP contribution is -3.12. The van der Waals surface area contributed by atoms with Gasteiger partial charge in [0.05, 0.1) is 23.5 Å². The second-order valence-electron chi connectivity index (χ2n) is 5.98. The van der Waals surface area contributed by atoms with Crippen LogP contribution >= 0.6 is 15.9 Å². The highest BCUT2D eigenvalue weighted by Gasteiger charge is 2.30. The third kappa shape index (κ3) is 4.29. The summed E-state index contributed by atoms with van der Waals surface area (Å²) in [6.45, 7) is 8.44. The summed E-state index contributed by atoms with van der Waals surface area (Å²) in [7, 11) is 0. The standard InChI is InChI=1S/C17H24BrFN2O/c1-3-21(4-2)17(22)14-6-5-9-20(12-14)11-13-7-8-16(19)15(18)10-13/h7-8,10,14H,3-6,9,11-12H2,1-2H3/p+1/t14-/m1/s1. The van der Waals surface area contributed by atoms with E-state index in [4.69, 9.17) is 0 Å². The molecule has 2 rings (SSSR count). The zero-order chi connectivity index (χ0) is 16.1. The van der Waals surface area contributed by atoms with Gasteiger partial charge >= 0.3 is 0 Å². The number of nitrogens with one attached hydrogen (secondary N) is 1. The largest absolute Gasteiger partial charge is 0.343 e. The maximum absolute atomic E-state index is 13.3. The number of piperidine rings is 1. The zero-order valence-corrected chi connectivity index (χ0v) is 15.0. The van der Waals surface area contributed by atoms with Gasteiger partial charge in [-0.05, 0) is 54.8 Å². The first-order valence-electron chi connectivity index (χ1n) is 8.11. The number of carbonyl (C=O) groups is 1. The minimum absolute atomic E-state index is 0.132. The summed E-state index contributed by atoms with van der Waals surface area (Å²) < 4.78 is 13.8. The second-order valence-corrected chi connectivity index (χ2v) is 6.83. The van der Waals surface area contributed by atoms with Gasteiger partial charge in [0.1, 0.15) is 12.4 Å². The average molecular weight is 372 g/mol. The average Bonchev–Trinajstić information content (AvgIpc) is 2.52. The second kappa shape index (κ2) is 8.06. The molecule has 0 radical (unpaired) electrons. The van der Waals surface area contributed by atoms with Crippen LogP contribution in [0.4, 0.5) is 4.39 Å². The number of benzene rings is 1. The van der Waals surface area contributed by atoms with Crippen LogP contribution in [0.2, 0.25) is 0 Å². The van der Waals surface area contributed by atoms with E-state index >= 15 is 0 Å². The lowest BCUT2D eigenvalue weighted by molar-refractivity contribution is -0.921. The van der Waals surface area contributed by atoms with Crippen molar-refractivity contribution in [2.24, 2.45) is 5.92 Å². The number of rotatable bonds is 5. The molecule has 2 atom stereocenters. The number of amides is 1. The molecule has 1 saturated heterocycles. The van der Waals surface area contributed by atoms with Crippen molar-refractivity contribution < 1.29 is 14.1 Å². The number of nitrogens with zero attached hydrogens (tertiary/aromatic N) is 1. The molecule has 5 heteroatoms. The normalized spacial score (nSPS) is 21.6. The Morgan fingerprint density at radius 1 is 1.41 bits per heavy atom. The Hall–Kier alpha value is -0.940. The molecule has 1 fully saturated rings. The van der Waals surface area contributed by atoms with Crippen molar-refractivity contribution in [3.63, 3.8) is 0 Å². The van der Waals surface area contributed by atoms with Gasteiger partial charge in [-0.3, -0.25) is 4.79 Å². The van der Waals surface area contributed by atoms with Gasteiger partial charge in [-0.15, -0.1) is 0 Å². The van der Waals surface area contributed by atoms with Crippen LogP contribution in [0.25, 0.3) is 0 Å². The van der Waals surface area contributed by atoms with Crippen LogP contribution in [0, 0.1) is 11.7 Å². The van der Waals surface area contributed by atoms with Crippen LogP contribution in [-0.2, 0) is 11.3 Å².